The van der Waals surface area contributed by atoms with Crippen LogP contribution in [0, 0.1) is 6.92 Å². The number of ether oxygens (including phenoxy) is 2. The Morgan fingerprint density at radius 1 is 1.10 bits per heavy atom. The summed E-state index contributed by atoms with van der Waals surface area (Å²) in [6, 6.07) is 15.1. The Hall–Kier alpha value is -2.13. The first-order chi connectivity index (χ1) is 9.69. The lowest BCUT2D eigenvalue weighted by Gasteiger charge is -2.07. The number of benzene rings is 2. The highest BCUT2D eigenvalue weighted by molar-refractivity contribution is 5.97. The molecular formula is C17H18O3. The van der Waals surface area contributed by atoms with E-state index in [1.54, 1.807) is 13.2 Å². The molecule has 0 spiro atoms. The van der Waals surface area contributed by atoms with Crippen LogP contribution in [0.5, 0.6) is 5.75 Å². The summed E-state index contributed by atoms with van der Waals surface area (Å²) in [5.41, 5.74) is 2.77. The fourth-order valence-corrected chi connectivity index (χ4v) is 1.94. The molecule has 0 aliphatic rings. The second-order valence-corrected chi connectivity index (χ2v) is 4.66. The number of Topliss-reactive ketones (excluding diaryl/α,β-unsaturated/α-hetero) is 1. The smallest absolute Gasteiger partial charge is 0.200 e. The van der Waals surface area contributed by atoms with E-state index in [1.165, 1.54) is 0 Å². The number of ketones is 1. The average molecular weight is 270 g/mol. The summed E-state index contributed by atoms with van der Waals surface area (Å²) < 4.78 is 10.6. The van der Waals surface area contributed by atoms with E-state index in [0.29, 0.717) is 17.9 Å². The molecule has 0 amide bonds. The zero-order valence-corrected chi connectivity index (χ0v) is 11.8. The average Bonchev–Trinajstić information content (AvgIpc) is 2.45. The van der Waals surface area contributed by atoms with E-state index in [-0.39, 0.29) is 12.4 Å². The summed E-state index contributed by atoms with van der Waals surface area (Å²) in [6.07, 6.45) is 0. The van der Waals surface area contributed by atoms with Gasteiger partial charge in [-0.1, -0.05) is 35.9 Å². The lowest BCUT2D eigenvalue weighted by Crippen LogP contribution is -2.11. The molecule has 2 aromatic rings. The second-order valence-electron chi connectivity index (χ2n) is 4.66. The van der Waals surface area contributed by atoms with Crippen molar-refractivity contribution in [3.63, 3.8) is 0 Å². The van der Waals surface area contributed by atoms with Gasteiger partial charge in [-0.3, -0.25) is 4.79 Å². The number of carbonyl (C=O) groups is 1. The standard InChI is InChI=1S/C17H18O3/c1-13-5-3-7-15(9-13)17(18)12-20-16-8-4-6-14(10-16)11-19-2/h3-10H,11-12H2,1-2H3. The van der Waals surface area contributed by atoms with Crippen LogP contribution in [0.15, 0.2) is 48.5 Å². The molecule has 2 rings (SSSR count). The van der Waals surface area contributed by atoms with Crippen molar-refractivity contribution in [3.8, 4) is 5.75 Å². The van der Waals surface area contributed by atoms with Gasteiger partial charge in [0.2, 0.25) is 0 Å². The molecule has 2 aromatic carbocycles. The molecule has 0 saturated carbocycles. The Balaban J connectivity index is 1.98. The number of methoxy groups -OCH3 is 1. The van der Waals surface area contributed by atoms with Crippen molar-refractivity contribution in [2.45, 2.75) is 13.5 Å². The summed E-state index contributed by atoms with van der Waals surface area (Å²) in [5.74, 6) is 0.659. The molecule has 0 N–H and O–H groups in total. The molecule has 0 aliphatic heterocycles. The highest BCUT2D eigenvalue weighted by Gasteiger charge is 2.07. The number of carbonyl (C=O) groups excluding carboxylic acids is 1. The zero-order valence-electron chi connectivity index (χ0n) is 11.8. The zero-order chi connectivity index (χ0) is 14.4. The molecule has 0 aromatic heterocycles. The van der Waals surface area contributed by atoms with Gasteiger partial charge in [0, 0.05) is 12.7 Å². The van der Waals surface area contributed by atoms with Crippen LogP contribution in [0.25, 0.3) is 0 Å². The normalized spacial score (nSPS) is 10.3. The minimum absolute atomic E-state index is 0.0224. The van der Waals surface area contributed by atoms with Crippen LogP contribution >= 0.6 is 0 Å². The molecule has 0 atom stereocenters. The Morgan fingerprint density at radius 2 is 1.90 bits per heavy atom. The molecule has 0 saturated heterocycles. The summed E-state index contributed by atoms with van der Waals surface area (Å²) in [7, 11) is 1.65. The lowest BCUT2D eigenvalue weighted by atomic mass is 10.1. The number of hydrogen-bond donors (Lipinski definition) is 0. The molecule has 0 fully saturated rings. The molecule has 0 radical (unpaired) electrons. The minimum atomic E-state index is -0.0224. The predicted molar refractivity (Wildman–Crippen MR) is 78.2 cm³/mol. The molecule has 0 aliphatic carbocycles. The van der Waals surface area contributed by atoms with Crippen LogP contribution in [0.3, 0.4) is 0 Å². The number of rotatable bonds is 6. The quantitative estimate of drug-likeness (QED) is 0.755. The van der Waals surface area contributed by atoms with Crippen molar-refractivity contribution in [3.05, 3.63) is 65.2 Å². The molecule has 0 unspecified atom stereocenters. The number of aryl methyl sites for hydroxylation is 1. The first-order valence-electron chi connectivity index (χ1n) is 6.49. The van der Waals surface area contributed by atoms with E-state index in [9.17, 15) is 4.79 Å². The van der Waals surface area contributed by atoms with Crippen molar-refractivity contribution in [2.75, 3.05) is 13.7 Å². The molecule has 0 heterocycles. The van der Waals surface area contributed by atoms with Gasteiger partial charge >= 0.3 is 0 Å². The second kappa shape index (κ2) is 6.87. The van der Waals surface area contributed by atoms with E-state index in [4.69, 9.17) is 9.47 Å². The highest BCUT2D eigenvalue weighted by Crippen LogP contribution is 2.14. The molecule has 20 heavy (non-hydrogen) atoms. The largest absolute Gasteiger partial charge is 0.485 e. The molecule has 3 heteroatoms. The Morgan fingerprint density at radius 3 is 2.65 bits per heavy atom. The maximum atomic E-state index is 12.0. The fourth-order valence-electron chi connectivity index (χ4n) is 1.94. The summed E-state index contributed by atoms with van der Waals surface area (Å²) in [5, 5.41) is 0. The maximum absolute atomic E-state index is 12.0. The topological polar surface area (TPSA) is 35.5 Å². The first kappa shape index (κ1) is 14.3. The Kier molecular flexibility index (Phi) is 4.91. The molecule has 3 nitrogen and oxygen atoms in total. The van der Waals surface area contributed by atoms with Gasteiger partial charge in [0.25, 0.3) is 0 Å². The van der Waals surface area contributed by atoms with Crippen molar-refractivity contribution >= 4 is 5.78 Å². The van der Waals surface area contributed by atoms with Gasteiger partial charge in [-0.15, -0.1) is 0 Å². The lowest BCUT2D eigenvalue weighted by molar-refractivity contribution is 0.0921. The molecule has 104 valence electrons. The van der Waals surface area contributed by atoms with Crippen molar-refractivity contribution < 1.29 is 14.3 Å². The van der Waals surface area contributed by atoms with Gasteiger partial charge in [-0.05, 0) is 30.7 Å². The summed E-state index contributed by atoms with van der Waals surface area (Å²) >= 11 is 0. The predicted octanol–water partition coefficient (Wildman–Crippen LogP) is 3.40. The van der Waals surface area contributed by atoms with Gasteiger partial charge in [0.05, 0.1) is 6.61 Å². The fraction of sp³-hybridized carbons (Fsp3) is 0.235. The van der Waals surface area contributed by atoms with E-state index in [0.717, 1.165) is 11.1 Å². The Labute approximate surface area is 119 Å². The third kappa shape index (κ3) is 3.93. The summed E-state index contributed by atoms with van der Waals surface area (Å²) in [6.45, 7) is 2.54. The van der Waals surface area contributed by atoms with Crippen LogP contribution in [0.4, 0.5) is 0 Å². The van der Waals surface area contributed by atoms with Gasteiger partial charge < -0.3 is 9.47 Å². The Bertz CT molecular complexity index is 590. The van der Waals surface area contributed by atoms with Gasteiger partial charge in [0.15, 0.2) is 12.4 Å². The van der Waals surface area contributed by atoms with Crippen LogP contribution in [0.2, 0.25) is 0 Å². The van der Waals surface area contributed by atoms with Crippen molar-refractivity contribution in [1.82, 2.24) is 0 Å². The van der Waals surface area contributed by atoms with E-state index < -0.39 is 0 Å². The highest BCUT2D eigenvalue weighted by atomic mass is 16.5. The van der Waals surface area contributed by atoms with E-state index in [1.807, 2.05) is 49.4 Å². The van der Waals surface area contributed by atoms with Crippen LogP contribution < -0.4 is 4.74 Å². The molecule has 0 bridgehead atoms. The van der Waals surface area contributed by atoms with Crippen molar-refractivity contribution in [2.24, 2.45) is 0 Å². The summed E-state index contributed by atoms with van der Waals surface area (Å²) in [4.78, 5) is 12.0. The van der Waals surface area contributed by atoms with E-state index in [2.05, 4.69) is 0 Å². The first-order valence-corrected chi connectivity index (χ1v) is 6.49. The SMILES string of the molecule is COCc1cccc(OCC(=O)c2cccc(C)c2)c1. The maximum Gasteiger partial charge on any atom is 0.200 e. The molecular weight excluding hydrogens is 252 g/mol. The van der Waals surface area contributed by atoms with Crippen LogP contribution in [-0.4, -0.2) is 19.5 Å². The van der Waals surface area contributed by atoms with Crippen LogP contribution in [0.1, 0.15) is 21.5 Å². The minimum Gasteiger partial charge on any atom is -0.485 e. The van der Waals surface area contributed by atoms with E-state index >= 15 is 0 Å². The monoisotopic (exact) mass is 270 g/mol. The number of hydrogen-bond acceptors (Lipinski definition) is 3. The van der Waals surface area contributed by atoms with Crippen LogP contribution in [-0.2, 0) is 11.3 Å². The third-order valence-electron chi connectivity index (χ3n) is 2.92. The van der Waals surface area contributed by atoms with Gasteiger partial charge in [-0.25, -0.2) is 0 Å². The third-order valence-corrected chi connectivity index (χ3v) is 2.92. The van der Waals surface area contributed by atoms with Crippen molar-refractivity contribution in [1.29, 1.82) is 0 Å². The van der Waals surface area contributed by atoms with Gasteiger partial charge in [-0.2, -0.15) is 0 Å². The van der Waals surface area contributed by atoms with Gasteiger partial charge in [0.1, 0.15) is 5.75 Å².